The van der Waals surface area contributed by atoms with E-state index in [1.165, 1.54) is 11.1 Å². The SMILES string of the molecule is CC(C)(C)O[C@@H]1CCc2c(Oc3ccc(C#N)c(CO)c3)cccc21. The molecule has 0 bridgehead atoms. The van der Waals surface area contributed by atoms with Crippen molar-refractivity contribution < 1.29 is 14.6 Å². The van der Waals surface area contributed by atoms with Crippen molar-refractivity contribution in [2.45, 2.75) is 51.9 Å². The number of fused-ring (bicyclic) bond motifs is 1. The molecule has 0 fully saturated rings. The van der Waals surface area contributed by atoms with E-state index in [1.807, 2.05) is 12.1 Å². The Balaban J connectivity index is 1.87. The lowest BCUT2D eigenvalue weighted by molar-refractivity contribution is -0.0605. The summed E-state index contributed by atoms with van der Waals surface area (Å²) in [5.74, 6) is 1.43. The number of nitriles is 1. The first kappa shape index (κ1) is 17.5. The van der Waals surface area contributed by atoms with E-state index >= 15 is 0 Å². The summed E-state index contributed by atoms with van der Waals surface area (Å²) in [6, 6.07) is 13.3. The standard InChI is InChI=1S/C21H23NO3/c1-21(2,3)25-20-10-9-18-17(20)5-4-6-19(18)24-16-8-7-14(12-22)15(11-16)13-23/h4-8,11,20,23H,9-10,13H2,1-3H3/t20-/m1/s1. The minimum absolute atomic E-state index is 0.0903. The van der Waals surface area contributed by atoms with Crippen LogP contribution in [0.1, 0.15) is 55.5 Å². The third-order valence-corrected chi connectivity index (χ3v) is 4.26. The molecule has 0 unspecified atom stereocenters. The molecule has 0 aliphatic heterocycles. The molecular weight excluding hydrogens is 314 g/mol. The first-order valence-corrected chi connectivity index (χ1v) is 8.52. The average molecular weight is 337 g/mol. The normalized spacial score (nSPS) is 16.4. The summed E-state index contributed by atoms with van der Waals surface area (Å²) in [5.41, 5.74) is 3.20. The van der Waals surface area contributed by atoms with Crippen LogP contribution < -0.4 is 4.74 Å². The summed E-state index contributed by atoms with van der Waals surface area (Å²) in [5, 5.41) is 18.5. The lowest BCUT2D eigenvalue weighted by atomic mass is 10.1. The molecule has 3 rings (SSSR count). The minimum Gasteiger partial charge on any atom is -0.457 e. The van der Waals surface area contributed by atoms with Gasteiger partial charge in [0.1, 0.15) is 11.5 Å². The molecule has 0 amide bonds. The van der Waals surface area contributed by atoms with Crippen molar-refractivity contribution in [3.63, 3.8) is 0 Å². The Hall–Kier alpha value is -2.35. The molecule has 0 saturated carbocycles. The predicted octanol–water partition coefficient (Wildman–Crippen LogP) is 4.65. The Labute approximate surface area is 148 Å². The van der Waals surface area contributed by atoms with Gasteiger partial charge in [-0.25, -0.2) is 0 Å². The fourth-order valence-electron chi connectivity index (χ4n) is 3.23. The van der Waals surface area contributed by atoms with Crippen molar-refractivity contribution in [1.29, 1.82) is 5.26 Å². The Bertz CT molecular complexity index is 815. The Morgan fingerprint density at radius 3 is 2.72 bits per heavy atom. The summed E-state index contributed by atoms with van der Waals surface area (Å²) in [6.07, 6.45) is 1.95. The zero-order valence-electron chi connectivity index (χ0n) is 14.9. The fourth-order valence-corrected chi connectivity index (χ4v) is 3.23. The number of aliphatic hydroxyl groups excluding tert-OH is 1. The highest BCUT2D eigenvalue weighted by atomic mass is 16.5. The van der Waals surface area contributed by atoms with Crippen LogP contribution in [0.5, 0.6) is 11.5 Å². The second-order valence-corrected chi connectivity index (χ2v) is 7.27. The molecule has 4 heteroatoms. The van der Waals surface area contributed by atoms with E-state index in [1.54, 1.807) is 18.2 Å². The van der Waals surface area contributed by atoms with E-state index in [0.717, 1.165) is 18.6 Å². The van der Waals surface area contributed by atoms with Crippen LogP contribution in [0.2, 0.25) is 0 Å². The molecule has 4 nitrogen and oxygen atoms in total. The third kappa shape index (κ3) is 3.84. The Morgan fingerprint density at radius 1 is 1.24 bits per heavy atom. The van der Waals surface area contributed by atoms with Crippen LogP contribution in [0.15, 0.2) is 36.4 Å². The van der Waals surface area contributed by atoms with E-state index < -0.39 is 0 Å². The van der Waals surface area contributed by atoms with Crippen molar-refractivity contribution in [2.75, 3.05) is 0 Å². The Morgan fingerprint density at radius 2 is 2.04 bits per heavy atom. The molecule has 1 atom stereocenters. The van der Waals surface area contributed by atoms with Gasteiger partial charge in [0, 0.05) is 5.56 Å². The second kappa shape index (κ2) is 6.87. The van der Waals surface area contributed by atoms with E-state index in [0.29, 0.717) is 16.9 Å². The van der Waals surface area contributed by atoms with Crippen LogP contribution in [0.3, 0.4) is 0 Å². The predicted molar refractivity (Wildman–Crippen MR) is 95.5 cm³/mol. The maximum absolute atomic E-state index is 9.41. The molecule has 0 heterocycles. The van der Waals surface area contributed by atoms with E-state index in [4.69, 9.17) is 14.7 Å². The lowest BCUT2D eigenvalue weighted by Crippen LogP contribution is -2.21. The van der Waals surface area contributed by atoms with Gasteiger partial charge in [0.05, 0.1) is 29.9 Å². The van der Waals surface area contributed by atoms with Crippen molar-refractivity contribution in [3.05, 3.63) is 58.7 Å². The van der Waals surface area contributed by atoms with Crippen LogP contribution in [0.4, 0.5) is 0 Å². The number of hydrogen-bond donors (Lipinski definition) is 1. The highest BCUT2D eigenvalue weighted by Gasteiger charge is 2.29. The average Bonchev–Trinajstić information content (AvgIpc) is 2.97. The number of rotatable bonds is 4. The smallest absolute Gasteiger partial charge is 0.130 e. The summed E-state index contributed by atoms with van der Waals surface area (Å²) < 4.78 is 12.2. The molecule has 0 radical (unpaired) electrons. The number of hydrogen-bond acceptors (Lipinski definition) is 4. The summed E-state index contributed by atoms with van der Waals surface area (Å²) in [7, 11) is 0. The summed E-state index contributed by atoms with van der Waals surface area (Å²) in [4.78, 5) is 0. The lowest BCUT2D eigenvalue weighted by Gasteiger charge is -2.25. The van der Waals surface area contributed by atoms with Gasteiger partial charge >= 0.3 is 0 Å². The van der Waals surface area contributed by atoms with E-state index in [2.05, 4.69) is 32.9 Å². The summed E-state index contributed by atoms with van der Waals surface area (Å²) in [6.45, 7) is 6.02. The topological polar surface area (TPSA) is 62.5 Å². The van der Waals surface area contributed by atoms with Crippen LogP contribution in [-0.4, -0.2) is 10.7 Å². The van der Waals surface area contributed by atoms with Gasteiger partial charge in [-0.2, -0.15) is 5.26 Å². The van der Waals surface area contributed by atoms with Crippen LogP contribution in [0.25, 0.3) is 0 Å². The van der Waals surface area contributed by atoms with Gasteiger partial charge in [-0.3, -0.25) is 0 Å². The van der Waals surface area contributed by atoms with Crippen molar-refractivity contribution in [1.82, 2.24) is 0 Å². The second-order valence-electron chi connectivity index (χ2n) is 7.27. The molecule has 0 saturated heterocycles. The molecule has 0 aromatic heterocycles. The highest BCUT2D eigenvalue weighted by molar-refractivity contribution is 5.48. The van der Waals surface area contributed by atoms with Crippen molar-refractivity contribution in [3.8, 4) is 17.6 Å². The maximum Gasteiger partial charge on any atom is 0.130 e. The molecule has 2 aromatic carbocycles. The molecule has 0 spiro atoms. The van der Waals surface area contributed by atoms with Gasteiger partial charge in [0.25, 0.3) is 0 Å². The molecule has 130 valence electrons. The minimum atomic E-state index is -0.188. The molecule has 2 aromatic rings. The van der Waals surface area contributed by atoms with Crippen LogP contribution >= 0.6 is 0 Å². The Kier molecular flexibility index (Phi) is 4.80. The molecule has 1 N–H and O–H groups in total. The molecular formula is C21H23NO3. The highest BCUT2D eigenvalue weighted by Crippen LogP contribution is 2.42. The van der Waals surface area contributed by atoms with E-state index in [9.17, 15) is 5.11 Å². The molecule has 25 heavy (non-hydrogen) atoms. The van der Waals surface area contributed by atoms with Gasteiger partial charge in [-0.05, 0) is 69.0 Å². The van der Waals surface area contributed by atoms with Gasteiger partial charge in [0.15, 0.2) is 0 Å². The van der Waals surface area contributed by atoms with Gasteiger partial charge in [-0.15, -0.1) is 0 Å². The van der Waals surface area contributed by atoms with E-state index in [-0.39, 0.29) is 18.3 Å². The first-order valence-electron chi connectivity index (χ1n) is 8.52. The number of aliphatic hydroxyl groups is 1. The van der Waals surface area contributed by atoms with Gasteiger partial charge in [-0.1, -0.05) is 12.1 Å². The van der Waals surface area contributed by atoms with Gasteiger partial charge in [0.2, 0.25) is 0 Å². The molecule has 1 aliphatic rings. The number of ether oxygens (including phenoxy) is 2. The quantitative estimate of drug-likeness (QED) is 0.882. The number of benzene rings is 2. The first-order chi connectivity index (χ1) is 11.9. The number of nitrogens with zero attached hydrogens (tertiary/aromatic N) is 1. The van der Waals surface area contributed by atoms with Crippen molar-refractivity contribution >= 4 is 0 Å². The van der Waals surface area contributed by atoms with Crippen LogP contribution in [-0.2, 0) is 17.8 Å². The zero-order valence-corrected chi connectivity index (χ0v) is 14.9. The van der Waals surface area contributed by atoms with Crippen molar-refractivity contribution in [2.24, 2.45) is 0 Å². The monoisotopic (exact) mass is 337 g/mol. The third-order valence-electron chi connectivity index (χ3n) is 4.26. The molecule has 1 aliphatic carbocycles. The largest absolute Gasteiger partial charge is 0.457 e. The van der Waals surface area contributed by atoms with Crippen LogP contribution in [0, 0.1) is 11.3 Å². The summed E-state index contributed by atoms with van der Waals surface area (Å²) >= 11 is 0. The maximum atomic E-state index is 9.41. The zero-order chi connectivity index (χ0) is 18.0. The van der Waals surface area contributed by atoms with Gasteiger partial charge < -0.3 is 14.6 Å². The fraction of sp³-hybridized carbons (Fsp3) is 0.381.